The zero-order valence-electron chi connectivity index (χ0n) is 10.3. The molecule has 0 saturated carbocycles. The summed E-state index contributed by atoms with van der Waals surface area (Å²) in [6.07, 6.45) is 2.18. The molecule has 0 aromatic heterocycles. The lowest BCUT2D eigenvalue weighted by atomic mass is 10.1. The summed E-state index contributed by atoms with van der Waals surface area (Å²) < 4.78 is 19.7. The number of aromatic carboxylic acids is 1. The van der Waals surface area contributed by atoms with Crippen LogP contribution in [-0.2, 0) is 4.74 Å². The maximum atomic E-state index is 14.0. The van der Waals surface area contributed by atoms with Gasteiger partial charge >= 0.3 is 5.97 Å². The van der Waals surface area contributed by atoms with Gasteiger partial charge in [0.25, 0.3) is 0 Å². The van der Waals surface area contributed by atoms with E-state index < -0.39 is 11.8 Å². The summed E-state index contributed by atoms with van der Waals surface area (Å²) in [6, 6.07) is 2.40. The Bertz CT molecular complexity index is 523. The SMILES string of the molecule is Nc1cc(F)c(N2CC3CCC(C2)O3)cc1C(=O)O. The van der Waals surface area contributed by atoms with Crippen LogP contribution in [0.2, 0.25) is 0 Å². The maximum Gasteiger partial charge on any atom is 0.337 e. The van der Waals surface area contributed by atoms with Crippen LogP contribution in [0.1, 0.15) is 23.2 Å². The second-order valence-electron chi connectivity index (χ2n) is 5.06. The number of halogens is 1. The lowest BCUT2D eigenvalue weighted by Gasteiger charge is -2.34. The number of rotatable bonds is 2. The number of nitrogen functional groups attached to an aromatic ring is 1. The molecule has 2 saturated heterocycles. The van der Waals surface area contributed by atoms with Gasteiger partial charge in [0.2, 0.25) is 0 Å². The van der Waals surface area contributed by atoms with E-state index in [9.17, 15) is 9.18 Å². The third kappa shape index (κ3) is 2.12. The summed E-state index contributed by atoms with van der Waals surface area (Å²) in [5.41, 5.74) is 5.71. The molecule has 0 spiro atoms. The predicted molar refractivity (Wildman–Crippen MR) is 67.9 cm³/mol. The number of carboxylic acids is 1. The number of carboxylic acid groups (broad SMARTS) is 1. The minimum Gasteiger partial charge on any atom is -0.478 e. The number of anilines is 2. The molecule has 2 aliphatic rings. The Morgan fingerprint density at radius 2 is 2.00 bits per heavy atom. The highest BCUT2D eigenvalue weighted by Crippen LogP contribution is 2.32. The molecule has 102 valence electrons. The van der Waals surface area contributed by atoms with Crippen molar-refractivity contribution in [1.82, 2.24) is 0 Å². The average molecular weight is 266 g/mol. The fraction of sp³-hybridized carbons (Fsp3) is 0.462. The van der Waals surface area contributed by atoms with Gasteiger partial charge < -0.3 is 20.5 Å². The number of morpholine rings is 1. The van der Waals surface area contributed by atoms with Gasteiger partial charge in [-0.05, 0) is 25.0 Å². The van der Waals surface area contributed by atoms with Crippen LogP contribution in [0.15, 0.2) is 12.1 Å². The van der Waals surface area contributed by atoms with Gasteiger partial charge in [0.1, 0.15) is 5.82 Å². The summed E-state index contributed by atoms with van der Waals surface area (Å²) in [4.78, 5) is 12.9. The Labute approximate surface area is 109 Å². The monoisotopic (exact) mass is 266 g/mol. The van der Waals surface area contributed by atoms with E-state index in [1.165, 1.54) is 6.07 Å². The Morgan fingerprint density at radius 3 is 2.58 bits per heavy atom. The minimum atomic E-state index is -1.14. The molecule has 2 aliphatic heterocycles. The van der Waals surface area contributed by atoms with Crippen LogP contribution in [0.3, 0.4) is 0 Å². The minimum absolute atomic E-state index is 0.0509. The molecular weight excluding hydrogens is 251 g/mol. The van der Waals surface area contributed by atoms with E-state index in [1.54, 1.807) is 0 Å². The summed E-state index contributed by atoms with van der Waals surface area (Å²) in [6.45, 7) is 1.19. The van der Waals surface area contributed by atoms with Gasteiger partial charge in [0, 0.05) is 18.8 Å². The first-order valence-electron chi connectivity index (χ1n) is 6.27. The van der Waals surface area contributed by atoms with Crippen molar-refractivity contribution in [2.75, 3.05) is 23.7 Å². The van der Waals surface area contributed by atoms with Gasteiger partial charge in [-0.3, -0.25) is 0 Å². The van der Waals surface area contributed by atoms with Gasteiger partial charge in [-0.15, -0.1) is 0 Å². The molecule has 3 N–H and O–H groups in total. The molecule has 1 aromatic rings. The van der Waals surface area contributed by atoms with Crippen molar-refractivity contribution < 1.29 is 19.0 Å². The molecule has 0 aliphatic carbocycles. The molecule has 2 heterocycles. The Kier molecular flexibility index (Phi) is 2.82. The van der Waals surface area contributed by atoms with Crippen LogP contribution in [0, 0.1) is 5.82 Å². The van der Waals surface area contributed by atoms with Crippen LogP contribution in [0.5, 0.6) is 0 Å². The highest BCUT2D eigenvalue weighted by molar-refractivity contribution is 5.95. The van der Waals surface area contributed by atoms with E-state index in [4.69, 9.17) is 15.6 Å². The van der Waals surface area contributed by atoms with Crippen LogP contribution >= 0.6 is 0 Å². The van der Waals surface area contributed by atoms with Gasteiger partial charge in [-0.25, -0.2) is 9.18 Å². The average Bonchev–Trinajstić information content (AvgIpc) is 2.68. The van der Waals surface area contributed by atoms with Crippen LogP contribution in [-0.4, -0.2) is 36.4 Å². The number of nitrogens with zero attached hydrogens (tertiary/aromatic N) is 1. The molecule has 6 heteroatoms. The fourth-order valence-electron chi connectivity index (χ4n) is 2.82. The first-order valence-corrected chi connectivity index (χ1v) is 6.27. The Morgan fingerprint density at radius 1 is 1.37 bits per heavy atom. The first kappa shape index (κ1) is 12.2. The van der Waals surface area contributed by atoms with Crippen molar-refractivity contribution in [3.63, 3.8) is 0 Å². The first-order chi connectivity index (χ1) is 9.04. The van der Waals surface area contributed by atoms with Crippen molar-refractivity contribution in [2.24, 2.45) is 0 Å². The third-order valence-corrected chi connectivity index (χ3v) is 3.73. The molecule has 2 bridgehead atoms. The van der Waals surface area contributed by atoms with E-state index in [-0.39, 0.29) is 23.5 Å². The number of hydrogen-bond donors (Lipinski definition) is 2. The quantitative estimate of drug-likeness (QED) is 0.793. The second-order valence-corrected chi connectivity index (χ2v) is 5.06. The normalized spacial score (nSPS) is 25.6. The van der Waals surface area contributed by atoms with Crippen LogP contribution < -0.4 is 10.6 Å². The highest BCUT2D eigenvalue weighted by atomic mass is 19.1. The van der Waals surface area contributed by atoms with E-state index in [1.807, 2.05) is 4.90 Å². The lowest BCUT2D eigenvalue weighted by Crippen LogP contribution is -2.43. The Balaban J connectivity index is 1.96. The van der Waals surface area contributed by atoms with Crippen molar-refractivity contribution in [3.05, 3.63) is 23.5 Å². The van der Waals surface area contributed by atoms with Gasteiger partial charge in [0.15, 0.2) is 0 Å². The van der Waals surface area contributed by atoms with E-state index in [0.29, 0.717) is 18.8 Å². The summed E-state index contributed by atoms with van der Waals surface area (Å²) in [5, 5.41) is 9.05. The molecule has 3 rings (SSSR count). The number of hydrogen-bond acceptors (Lipinski definition) is 4. The molecule has 0 radical (unpaired) electrons. The van der Waals surface area contributed by atoms with Crippen molar-refractivity contribution in [1.29, 1.82) is 0 Å². The van der Waals surface area contributed by atoms with Gasteiger partial charge in [-0.2, -0.15) is 0 Å². The van der Waals surface area contributed by atoms with Crippen molar-refractivity contribution in [3.8, 4) is 0 Å². The van der Waals surface area contributed by atoms with E-state index >= 15 is 0 Å². The predicted octanol–water partition coefficient (Wildman–Crippen LogP) is 1.47. The van der Waals surface area contributed by atoms with Gasteiger partial charge in [-0.1, -0.05) is 0 Å². The number of ether oxygens (including phenoxy) is 1. The van der Waals surface area contributed by atoms with Crippen LogP contribution in [0.4, 0.5) is 15.8 Å². The molecule has 5 nitrogen and oxygen atoms in total. The number of carbonyl (C=O) groups is 1. The zero-order chi connectivity index (χ0) is 13.6. The van der Waals surface area contributed by atoms with E-state index in [0.717, 1.165) is 18.9 Å². The number of benzene rings is 1. The van der Waals surface area contributed by atoms with Gasteiger partial charge in [0.05, 0.1) is 23.5 Å². The fourth-order valence-corrected chi connectivity index (χ4v) is 2.82. The van der Waals surface area contributed by atoms with Crippen molar-refractivity contribution >= 4 is 17.3 Å². The zero-order valence-corrected chi connectivity index (χ0v) is 10.3. The summed E-state index contributed by atoms with van der Waals surface area (Å²) in [5.74, 6) is -1.63. The Hall–Kier alpha value is -1.82. The number of nitrogens with two attached hydrogens (primary N) is 1. The third-order valence-electron chi connectivity index (χ3n) is 3.73. The highest BCUT2D eigenvalue weighted by Gasteiger charge is 2.34. The molecule has 2 fully saturated rings. The van der Waals surface area contributed by atoms with E-state index in [2.05, 4.69) is 0 Å². The van der Waals surface area contributed by atoms with Crippen molar-refractivity contribution in [2.45, 2.75) is 25.0 Å². The van der Waals surface area contributed by atoms with Crippen LogP contribution in [0.25, 0.3) is 0 Å². The lowest BCUT2D eigenvalue weighted by molar-refractivity contribution is 0.0303. The maximum absolute atomic E-state index is 14.0. The summed E-state index contributed by atoms with van der Waals surface area (Å²) >= 11 is 0. The largest absolute Gasteiger partial charge is 0.478 e. The summed E-state index contributed by atoms with van der Waals surface area (Å²) in [7, 11) is 0. The molecule has 2 unspecified atom stereocenters. The number of fused-ring (bicyclic) bond motifs is 2. The smallest absolute Gasteiger partial charge is 0.337 e. The topological polar surface area (TPSA) is 75.8 Å². The molecule has 2 atom stereocenters. The second kappa shape index (κ2) is 4.38. The standard InChI is InChI=1S/C13H15FN2O3/c14-10-4-11(15)9(13(17)18)3-12(10)16-5-7-1-2-8(6-16)19-7/h3-4,7-8H,1-2,5-6,15H2,(H,17,18). The molecular formula is C13H15FN2O3. The molecule has 0 amide bonds. The molecule has 1 aromatic carbocycles. The molecule has 19 heavy (non-hydrogen) atoms.